The number of ether oxygens (including phenoxy) is 1. The van der Waals surface area contributed by atoms with Gasteiger partial charge in [0.1, 0.15) is 5.82 Å². The molecule has 0 radical (unpaired) electrons. The van der Waals surface area contributed by atoms with Crippen molar-refractivity contribution in [3.63, 3.8) is 0 Å². The Morgan fingerprint density at radius 3 is 2.83 bits per heavy atom. The number of methoxy groups -OCH3 is 1. The first kappa shape index (κ1) is 16.7. The van der Waals surface area contributed by atoms with Crippen molar-refractivity contribution in [2.45, 2.75) is 19.0 Å². The van der Waals surface area contributed by atoms with Crippen LogP contribution in [0.15, 0.2) is 23.4 Å². The summed E-state index contributed by atoms with van der Waals surface area (Å²) in [5.41, 5.74) is 2.49. The summed E-state index contributed by atoms with van der Waals surface area (Å²) < 4.78 is 6.37. The lowest BCUT2D eigenvalue weighted by Gasteiger charge is -2.10. The van der Waals surface area contributed by atoms with Gasteiger partial charge < -0.3 is 4.74 Å². The van der Waals surface area contributed by atoms with E-state index in [-0.39, 0.29) is 17.0 Å². The van der Waals surface area contributed by atoms with Crippen LogP contribution in [-0.4, -0.2) is 38.6 Å². The second kappa shape index (κ2) is 7.09. The quantitative estimate of drug-likeness (QED) is 0.487. The zero-order chi connectivity index (χ0) is 17.0. The lowest BCUT2D eigenvalue weighted by Crippen LogP contribution is -2.24. The molecule has 1 amide bonds. The minimum Gasteiger partial charge on any atom is -0.490 e. The summed E-state index contributed by atoms with van der Waals surface area (Å²) >= 11 is 1.42. The predicted molar refractivity (Wildman–Crippen MR) is 84.5 cm³/mol. The number of nitro benzene ring substituents is 1. The minimum absolute atomic E-state index is 0.0919. The van der Waals surface area contributed by atoms with Crippen LogP contribution in [-0.2, 0) is 0 Å². The van der Waals surface area contributed by atoms with Crippen LogP contribution in [0.1, 0.15) is 23.1 Å². The van der Waals surface area contributed by atoms with Gasteiger partial charge in [0, 0.05) is 11.6 Å². The fraction of sp³-hybridized carbons (Fsp3) is 0.308. The molecule has 0 spiro atoms. The Bertz CT molecular complexity index is 746. The van der Waals surface area contributed by atoms with Gasteiger partial charge in [-0.25, -0.2) is 4.68 Å². The van der Waals surface area contributed by atoms with E-state index in [1.165, 1.54) is 41.7 Å². The number of thioether (sulfide) groups is 1. The van der Waals surface area contributed by atoms with Gasteiger partial charge in [0.05, 0.1) is 12.0 Å². The number of carbonyl (C=O) groups excluding carboxylic acids is 1. The van der Waals surface area contributed by atoms with Crippen molar-refractivity contribution in [3.8, 4) is 5.75 Å². The van der Waals surface area contributed by atoms with Crippen molar-refractivity contribution in [3.05, 3.63) is 39.7 Å². The minimum atomic E-state index is -0.599. The Morgan fingerprint density at radius 1 is 1.48 bits per heavy atom. The van der Waals surface area contributed by atoms with Gasteiger partial charge in [-0.3, -0.25) is 20.3 Å². The lowest BCUT2D eigenvalue weighted by atomic mass is 10.2. The second-order valence-corrected chi connectivity index (χ2v) is 5.61. The van der Waals surface area contributed by atoms with Crippen LogP contribution >= 0.6 is 11.8 Å². The van der Waals surface area contributed by atoms with Gasteiger partial charge in [-0.2, -0.15) is 0 Å². The van der Waals surface area contributed by atoms with Gasteiger partial charge in [0.25, 0.3) is 5.91 Å². The number of carbonyl (C=O) groups is 1. The summed E-state index contributed by atoms with van der Waals surface area (Å²) in [5.74, 6) is 0.866. The second-order valence-electron chi connectivity index (χ2n) is 4.38. The van der Waals surface area contributed by atoms with Crippen LogP contribution < -0.4 is 10.2 Å². The molecule has 1 aromatic carbocycles. The van der Waals surface area contributed by atoms with Crippen LogP contribution in [0.25, 0.3) is 0 Å². The number of nitro groups is 1. The Hall–Kier alpha value is -2.62. The Labute approximate surface area is 136 Å². The van der Waals surface area contributed by atoms with Crippen molar-refractivity contribution in [2.24, 2.45) is 0 Å². The van der Waals surface area contributed by atoms with Crippen molar-refractivity contribution in [1.82, 2.24) is 14.9 Å². The molecule has 2 aromatic rings. The molecule has 1 heterocycles. The molecular formula is C13H15N5O4S. The summed E-state index contributed by atoms with van der Waals surface area (Å²) in [6.07, 6.45) is 0. The Morgan fingerprint density at radius 2 is 2.22 bits per heavy atom. The maximum Gasteiger partial charge on any atom is 0.311 e. The number of benzene rings is 1. The Kier molecular flexibility index (Phi) is 5.16. The summed E-state index contributed by atoms with van der Waals surface area (Å²) in [5, 5.41) is 19.4. The largest absolute Gasteiger partial charge is 0.490 e. The van der Waals surface area contributed by atoms with Gasteiger partial charge in [-0.15, -0.1) is 10.2 Å². The third-order valence-electron chi connectivity index (χ3n) is 2.92. The number of aromatic nitrogens is 3. The molecule has 0 aliphatic rings. The number of rotatable bonds is 6. The van der Waals surface area contributed by atoms with Crippen molar-refractivity contribution >= 4 is 23.4 Å². The topological polar surface area (TPSA) is 112 Å². The fourth-order valence-corrected chi connectivity index (χ4v) is 2.50. The van der Waals surface area contributed by atoms with Gasteiger partial charge in [0.15, 0.2) is 5.75 Å². The zero-order valence-corrected chi connectivity index (χ0v) is 13.6. The molecule has 1 aromatic heterocycles. The SMILES string of the molecule is CCSc1nnc(C)n1NC(=O)c1ccc(OC)c([N+](=O)[O-])c1. The van der Waals surface area contributed by atoms with Crippen LogP contribution in [0.5, 0.6) is 5.75 Å². The van der Waals surface area contributed by atoms with E-state index in [4.69, 9.17) is 4.74 Å². The molecule has 0 atom stereocenters. The van der Waals surface area contributed by atoms with Gasteiger partial charge >= 0.3 is 5.69 Å². The highest BCUT2D eigenvalue weighted by atomic mass is 32.2. The summed E-state index contributed by atoms with van der Waals surface area (Å²) in [4.78, 5) is 22.8. The van der Waals surface area contributed by atoms with Gasteiger partial charge in [0.2, 0.25) is 5.16 Å². The average molecular weight is 337 g/mol. The van der Waals surface area contributed by atoms with Crippen LogP contribution in [0.3, 0.4) is 0 Å². The molecule has 0 aliphatic carbocycles. The van der Waals surface area contributed by atoms with E-state index >= 15 is 0 Å². The number of amides is 1. The van der Waals surface area contributed by atoms with Crippen LogP contribution in [0.2, 0.25) is 0 Å². The summed E-state index contributed by atoms with van der Waals surface area (Å²) in [6, 6.07) is 4.00. The van der Waals surface area contributed by atoms with E-state index in [0.717, 1.165) is 5.75 Å². The number of hydrogen-bond donors (Lipinski definition) is 1. The van der Waals surface area contributed by atoms with Gasteiger partial charge in [-0.1, -0.05) is 18.7 Å². The number of nitrogens with zero attached hydrogens (tertiary/aromatic N) is 4. The molecule has 0 fully saturated rings. The molecule has 0 saturated carbocycles. The molecular weight excluding hydrogens is 322 g/mol. The number of aryl methyl sites for hydroxylation is 1. The molecule has 0 bridgehead atoms. The molecule has 1 N–H and O–H groups in total. The zero-order valence-electron chi connectivity index (χ0n) is 12.8. The van der Waals surface area contributed by atoms with E-state index in [1.807, 2.05) is 6.92 Å². The monoisotopic (exact) mass is 337 g/mol. The van der Waals surface area contributed by atoms with E-state index < -0.39 is 10.8 Å². The van der Waals surface area contributed by atoms with E-state index in [1.54, 1.807) is 6.92 Å². The number of hydrogen-bond acceptors (Lipinski definition) is 7. The molecule has 0 aliphatic heterocycles. The predicted octanol–water partition coefficient (Wildman–Crippen LogP) is 2.00. The Balaban J connectivity index is 2.30. The molecule has 2 rings (SSSR count). The molecule has 10 heteroatoms. The van der Waals surface area contributed by atoms with Crippen molar-refractivity contribution < 1.29 is 14.5 Å². The van der Waals surface area contributed by atoms with Crippen molar-refractivity contribution in [1.29, 1.82) is 0 Å². The average Bonchev–Trinajstić information content (AvgIpc) is 2.87. The fourth-order valence-electron chi connectivity index (χ4n) is 1.83. The van der Waals surface area contributed by atoms with Crippen LogP contribution in [0.4, 0.5) is 5.69 Å². The third kappa shape index (κ3) is 3.59. The highest BCUT2D eigenvalue weighted by Crippen LogP contribution is 2.27. The molecule has 122 valence electrons. The maximum absolute atomic E-state index is 12.3. The third-order valence-corrected chi connectivity index (χ3v) is 3.73. The molecule has 0 saturated heterocycles. The standard InChI is InChI=1S/C13H15N5O4S/c1-4-23-13-15-14-8(2)17(13)16-12(19)9-5-6-11(22-3)10(7-9)18(20)21/h5-7H,4H2,1-3H3,(H,16,19). The van der Waals surface area contributed by atoms with Crippen LogP contribution in [0, 0.1) is 17.0 Å². The maximum atomic E-state index is 12.3. The van der Waals surface area contributed by atoms with Crippen molar-refractivity contribution in [2.75, 3.05) is 18.3 Å². The first-order chi connectivity index (χ1) is 11.0. The summed E-state index contributed by atoms with van der Waals surface area (Å²) in [6.45, 7) is 3.65. The first-order valence-corrected chi connectivity index (χ1v) is 7.65. The van der Waals surface area contributed by atoms with E-state index in [2.05, 4.69) is 15.6 Å². The highest BCUT2D eigenvalue weighted by molar-refractivity contribution is 7.99. The first-order valence-electron chi connectivity index (χ1n) is 6.66. The smallest absolute Gasteiger partial charge is 0.311 e. The lowest BCUT2D eigenvalue weighted by molar-refractivity contribution is -0.385. The number of nitrogens with one attached hydrogen (secondary N) is 1. The molecule has 9 nitrogen and oxygen atoms in total. The van der Waals surface area contributed by atoms with Gasteiger partial charge in [-0.05, 0) is 24.8 Å². The van der Waals surface area contributed by atoms with E-state index in [9.17, 15) is 14.9 Å². The summed E-state index contributed by atoms with van der Waals surface area (Å²) in [7, 11) is 1.33. The molecule has 0 unspecified atom stereocenters. The molecule has 23 heavy (non-hydrogen) atoms. The van der Waals surface area contributed by atoms with E-state index in [0.29, 0.717) is 11.0 Å². The highest BCUT2D eigenvalue weighted by Gasteiger charge is 2.19. The normalized spacial score (nSPS) is 10.4.